The fourth-order valence-corrected chi connectivity index (χ4v) is 2.74. The van der Waals surface area contributed by atoms with Crippen molar-refractivity contribution in [3.8, 4) is 5.75 Å². The lowest BCUT2D eigenvalue weighted by Gasteiger charge is -2.16. The Morgan fingerprint density at radius 3 is 2.00 bits per heavy atom. The molecule has 23 heavy (non-hydrogen) atoms. The Morgan fingerprint density at radius 2 is 1.43 bits per heavy atom. The smallest absolute Gasteiger partial charge is 0.119 e. The van der Waals surface area contributed by atoms with Gasteiger partial charge < -0.3 is 9.64 Å². The maximum atomic E-state index is 5.59. The van der Waals surface area contributed by atoms with E-state index in [-0.39, 0.29) is 0 Å². The zero-order valence-corrected chi connectivity index (χ0v) is 14.4. The molecule has 2 nitrogen and oxygen atoms in total. The first-order chi connectivity index (χ1) is 11.2. The molecular weight excluding hydrogens is 282 g/mol. The lowest BCUT2D eigenvalue weighted by atomic mass is 10.2. The van der Waals surface area contributed by atoms with E-state index in [1.54, 1.807) is 0 Å². The third kappa shape index (κ3) is 7.34. The highest BCUT2D eigenvalue weighted by atomic mass is 16.5. The number of rotatable bonds is 5. The predicted molar refractivity (Wildman–Crippen MR) is 97.7 cm³/mol. The van der Waals surface area contributed by atoms with Gasteiger partial charge in [0.1, 0.15) is 12.4 Å². The van der Waals surface area contributed by atoms with Crippen LogP contribution < -0.4 is 4.74 Å². The van der Waals surface area contributed by atoms with Crippen LogP contribution in [0.4, 0.5) is 0 Å². The van der Waals surface area contributed by atoms with Crippen molar-refractivity contribution in [2.24, 2.45) is 5.92 Å². The largest absolute Gasteiger partial charge is 0.489 e. The van der Waals surface area contributed by atoms with Gasteiger partial charge >= 0.3 is 0 Å². The van der Waals surface area contributed by atoms with Gasteiger partial charge in [0.15, 0.2) is 0 Å². The number of likely N-dealkylation sites (tertiary alicyclic amines) is 1. The van der Waals surface area contributed by atoms with Crippen LogP contribution in [0.5, 0.6) is 5.75 Å². The molecule has 0 radical (unpaired) electrons. The first-order valence-corrected chi connectivity index (χ1v) is 8.68. The molecule has 0 amide bonds. The molecule has 0 saturated carbocycles. The van der Waals surface area contributed by atoms with Crippen LogP contribution in [0.3, 0.4) is 0 Å². The first-order valence-electron chi connectivity index (χ1n) is 8.68. The van der Waals surface area contributed by atoms with E-state index < -0.39 is 0 Å². The number of para-hydroxylation sites is 1. The highest BCUT2D eigenvalue weighted by Gasteiger charge is 2.11. The maximum absolute atomic E-state index is 5.59. The average Bonchev–Trinajstić information content (AvgIpc) is 3.08. The van der Waals surface area contributed by atoms with Crippen molar-refractivity contribution in [3.63, 3.8) is 0 Å². The van der Waals surface area contributed by atoms with Crippen molar-refractivity contribution in [1.29, 1.82) is 0 Å². The van der Waals surface area contributed by atoms with E-state index in [2.05, 4.69) is 30.9 Å². The molecule has 1 heterocycles. The third-order valence-electron chi connectivity index (χ3n) is 3.81. The van der Waals surface area contributed by atoms with Crippen LogP contribution in [0.25, 0.3) is 0 Å². The molecule has 0 N–H and O–H groups in total. The molecule has 0 aromatic heterocycles. The molecule has 2 aromatic rings. The summed E-state index contributed by atoms with van der Waals surface area (Å²) in [5.74, 6) is 1.76. The lowest BCUT2D eigenvalue weighted by Crippen LogP contribution is -2.23. The summed E-state index contributed by atoms with van der Waals surface area (Å²) in [6.07, 6.45) is 2.85. The van der Waals surface area contributed by atoms with Gasteiger partial charge in [0.2, 0.25) is 0 Å². The zero-order chi connectivity index (χ0) is 16.3. The van der Waals surface area contributed by atoms with E-state index in [0.29, 0.717) is 6.61 Å². The van der Waals surface area contributed by atoms with Crippen molar-refractivity contribution in [1.82, 2.24) is 4.90 Å². The van der Waals surface area contributed by atoms with Gasteiger partial charge in [-0.3, -0.25) is 0 Å². The summed E-state index contributed by atoms with van der Waals surface area (Å²) in [5, 5.41) is 0. The number of ether oxygens (including phenoxy) is 1. The summed E-state index contributed by atoms with van der Waals surface area (Å²) in [7, 11) is 0. The van der Waals surface area contributed by atoms with Gasteiger partial charge in [-0.15, -0.1) is 0 Å². The van der Waals surface area contributed by atoms with Gasteiger partial charge in [0.25, 0.3) is 0 Å². The van der Waals surface area contributed by atoms with Gasteiger partial charge in [-0.05, 0) is 49.5 Å². The average molecular weight is 311 g/mol. The predicted octanol–water partition coefficient (Wildman–Crippen LogP) is 5.00. The summed E-state index contributed by atoms with van der Waals surface area (Å²) >= 11 is 0. The SMILES string of the molecule is CC(C)CN1CCCC1.c1ccc(COc2ccccc2)cc1. The maximum Gasteiger partial charge on any atom is 0.119 e. The summed E-state index contributed by atoms with van der Waals surface area (Å²) in [6.45, 7) is 9.21. The van der Waals surface area contributed by atoms with Crippen LogP contribution >= 0.6 is 0 Å². The molecule has 0 spiro atoms. The Kier molecular flexibility index (Phi) is 7.68. The molecule has 124 valence electrons. The molecule has 1 aliphatic heterocycles. The van der Waals surface area contributed by atoms with Crippen LogP contribution in [0, 0.1) is 5.92 Å². The summed E-state index contributed by atoms with van der Waals surface area (Å²) in [4.78, 5) is 2.56. The molecule has 0 atom stereocenters. The van der Waals surface area contributed by atoms with Gasteiger partial charge in [-0.1, -0.05) is 62.4 Å². The second kappa shape index (κ2) is 10.1. The second-order valence-electron chi connectivity index (χ2n) is 6.49. The third-order valence-corrected chi connectivity index (χ3v) is 3.81. The standard InChI is InChI=1S/C13H12O.C8H17N/c1-3-7-12(8-4-1)11-14-13-9-5-2-6-10-13;1-8(2)7-9-5-3-4-6-9/h1-10H,11H2;8H,3-7H2,1-2H3. The molecule has 3 rings (SSSR count). The van der Waals surface area contributed by atoms with E-state index in [1.165, 1.54) is 38.0 Å². The van der Waals surface area contributed by atoms with Gasteiger partial charge in [-0.2, -0.15) is 0 Å². The van der Waals surface area contributed by atoms with E-state index in [1.807, 2.05) is 48.5 Å². The second-order valence-corrected chi connectivity index (χ2v) is 6.49. The quantitative estimate of drug-likeness (QED) is 0.770. The number of benzene rings is 2. The Hall–Kier alpha value is -1.80. The fraction of sp³-hybridized carbons (Fsp3) is 0.429. The number of nitrogens with zero attached hydrogens (tertiary/aromatic N) is 1. The highest BCUT2D eigenvalue weighted by molar-refractivity contribution is 5.22. The molecular formula is C21H29NO. The minimum absolute atomic E-state index is 0.630. The Labute approximate surface area is 141 Å². The van der Waals surface area contributed by atoms with E-state index in [9.17, 15) is 0 Å². The number of hydrogen-bond acceptors (Lipinski definition) is 2. The lowest BCUT2D eigenvalue weighted by molar-refractivity contribution is 0.298. The van der Waals surface area contributed by atoms with Crippen molar-refractivity contribution in [2.75, 3.05) is 19.6 Å². The van der Waals surface area contributed by atoms with Crippen molar-refractivity contribution >= 4 is 0 Å². The van der Waals surface area contributed by atoms with E-state index >= 15 is 0 Å². The van der Waals surface area contributed by atoms with Crippen LogP contribution in [-0.4, -0.2) is 24.5 Å². The number of hydrogen-bond donors (Lipinski definition) is 0. The van der Waals surface area contributed by atoms with Crippen LogP contribution in [0.1, 0.15) is 32.3 Å². The molecule has 0 bridgehead atoms. The topological polar surface area (TPSA) is 12.5 Å². The minimum Gasteiger partial charge on any atom is -0.489 e. The van der Waals surface area contributed by atoms with Gasteiger partial charge in [0.05, 0.1) is 0 Å². The van der Waals surface area contributed by atoms with Crippen molar-refractivity contribution in [2.45, 2.75) is 33.3 Å². The van der Waals surface area contributed by atoms with E-state index in [4.69, 9.17) is 4.74 Å². The summed E-state index contributed by atoms with van der Waals surface area (Å²) in [5.41, 5.74) is 1.19. The molecule has 1 saturated heterocycles. The Bertz CT molecular complexity index is 479. The summed E-state index contributed by atoms with van der Waals surface area (Å²) < 4.78 is 5.59. The molecule has 0 aliphatic carbocycles. The van der Waals surface area contributed by atoms with Crippen molar-refractivity contribution in [3.05, 3.63) is 66.2 Å². The molecule has 2 heteroatoms. The van der Waals surface area contributed by atoms with Crippen LogP contribution in [-0.2, 0) is 6.61 Å². The Balaban J connectivity index is 0.000000185. The Morgan fingerprint density at radius 1 is 0.870 bits per heavy atom. The van der Waals surface area contributed by atoms with Crippen LogP contribution in [0.2, 0.25) is 0 Å². The molecule has 2 aromatic carbocycles. The normalized spacial score (nSPS) is 14.4. The van der Waals surface area contributed by atoms with Crippen LogP contribution in [0.15, 0.2) is 60.7 Å². The zero-order valence-electron chi connectivity index (χ0n) is 14.4. The molecule has 0 unspecified atom stereocenters. The van der Waals surface area contributed by atoms with Gasteiger partial charge in [0, 0.05) is 6.54 Å². The fourth-order valence-electron chi connectivity index (χ4n) is 2.74. The molecule has 1 fully saturated rings. The van der Waals surface area contributed by atoms with Gasteiger partial charge in [-0.25, -0.2) is 0 Å². The van der Waals surface area contributed by atoms with Crippen molar-refractivity contribution < 1.29 is 4.74 Å². The van der Waals surface area contributed by atoms with E-state index in [0.717, 1.165) is 11.7 Å². The highest BCUT2D eigenvalue weighted by Crippen LogP contribution is 2.11. The summed E-state index contributed by atoms with van der Waals surface area (Å²) in [6, 6.07) is 20.0. The monoisotopic (exact) mass is 311 g/mol. The minimum atomic E-state index is 0.630. The molecule has 1 aliphatic rings. The first kappa shape index (κ1) is 17.6.